The standard InChI is InChI=1S/C13H26BrNO/c1-5-7-12(8-6-2)13(16)15(4)10-9-11(3)14/h11-12H,5-10H2,1-4H3. The summed E-state index contributed by atoms with van der Waals surface area (Å²) in [6, 6.07) is 0. The van der Waals surface area contributed by atoms with Crippen molar-refractivity contribution in [3.8, 4) is 0 Å². The smallest absolute Gasteiger partial charge is 0.225 e. The Kier molecular flexibility index (Phi) is 9.00. The van der Waals surface area contributed by atoms with Crippen molar-refractivity contribution in [1.29, 1.82) is 0 Å². The molecule has 0 radical (unpaired) electrons. The van der Waals surface area contributed by atoms with Crippen LogP contribution >= 0.6 is 15.9 Å². The van der Waals surface area contributed by atoms with Crippen LogP contribution in [0.25, 0.3) is 0 Å². The number of nitrogens with zero attached hydrogens (tertiary/aromatic N) is 1. The predicted octanol–water partition coefficient (Wildman–Crippen LogP) is 3.83. The molecule has 0 heterocycles. The van der Waals surface area contributed by atoms with E-state index in [-0.39, 0.29) is 5.92 Å². The van der Waals surface area contributed by atoms with Crippen molar-refractivity contribution >= 4 is 21.8 Å². The van der Waals surface area contributed by atoms with Crippen molar-refractivity contribution in [2.75, 3.05) is 13.6 Å². The Morgan fingerprint density at radius 3 is 2.06 bits per heavy atom. The lowest BCUT2D eigenvalue weighted by atomic mass is 9.97. The largest absolute Gasteiger partial charge is 0.345 e. The summed E-state index contributed by atoms with van der Waals surface area (Å²) in [4.78, 5) is 14.5. The van der Waals surface area contributed by atoms with Gasteiger partial charge in [0.1, 0.15) is 0 Å². The molecule has 0 aromatic carbocycles. The van der Waals surface area contributed by atoms with Crippen LogP contribution < -0.4 is 0 Å². The van der Waals surface area contributed by atoms with Gasteiger partial charge in [-0.3, -0.25) is 4.79 Å². The van der Waals surface area contributed by atoms with Crippen LogP contribution in [0, 0.1) is 5.92 Å². The number of carbonyl (C=O) groups excluding carboxylic acids is 1. The number of carbonyl (C=O) groups is 1. The Balaban J connectivity index is 4.13. The van der Waals surface area contributed by atoms with Crippen molar-refractivity contribution in [3.05, 3.63) is 0 Å². The zero-order valence-electron chi connectivity index (χ0n) is 11.1. The van der Waals surface area contributed by atoms with Crippen molar-refractivity contribution < 1.29 is 4.79 Å². The Hall–Kier alpha value is -0.0500. The molecule has 0 bridgehead atoms. The van der Waals surface area contributed by atoms with E-state index in [0.29, 0.717) is 10.7 Å². The highest BCUT2D eigenvalue weighted by atomic mass is 79.9. The Labute approximate surface area is 109 Å². The Morgan fingerprint density at radius 2 is 1.69 bits per heavy atom. The minimum absolute atomic E-state index is 0.241. The lowest BCUT2D eigenvalue weighted by molar-refractivity contribution is -0.134. The molecule has 96 valence electrons. The highest BCUT2D eigenvalue weighted by Gasteiger charge is 2.20. The first kappa shape index (κ1) is 16.0. The number of hydrogen-bond acceptors (Lipinski definition) is 1. The average molecular weight is 292 g/mol. The molecule has 2 nitrogen and oxygen atoms in total. The molecule has 0 spiro atoms. The first-order valence-electron chi connectivity index (χ1n) is 6.41. The molecule has 0 rings (SSSR count). The molecule has 0 saturated carbocycles. The van der Waals surface area contributed by atoms with Gasteiger partial charge in [0.25, 0.3) is 0 Å². The molecule has 1 atom stereocenters. The van der Waals surface area contributed by atoms with E-state index in [1.807, 2.05) is 11.9 Å². The summed E-state index contributed by atoms with van der Waals surface area (Å²) in [5.41, 5.74) is 0. The van der Waals surface area contributed by atoms with E-state index in [0.717, 1.165) is 38.6 Å². The van der Waals surface area contributed by atoms with Crippen LogP contribution in [-0.4, -0.2) is 29.2 Å². The van der Waals surface area contributed by atoms with E-state index >= 15 is 0 Å². The average Bonchev–Trinajstić information content (AvgIpc) is 2.24. The van der Waals surface area contributed by atoms with Crippen LogP contribution in [0.3, 0.4) is 0 Å². The first-order valence-corrected chi connectivity index (χ1v) is 7.33. The van der Waals surface area contributed by atoms with Gasteiger partial charge < -0.3 is 4.90 Å². The predicted molar refractivity (Wildman–Crippen MR) is 73.9 cm³/mol. The molecule has 3 heteroatoms. The second-order valence-corrected chi connectivity index (χ2v) is 6.17. The third kappa shape index (κ3) is 6.51. The maximum absolute atomic E-state index is 12.1. The molecular weight excluding hydrogens is 266 g/mol. The molecule has 0 aromatic rings. The molecule has 0 saturated heterocycles. The second kappa shape index (κ2) is 9.03. The molecule has 0 N–H and O–H groups in total. The topological polar surface area (TPSA) is 20.3 Å². The third-order valence-corrected chi connectivity index (χ3v) is 3.32. The zero-order valence-corrected chi connectivity index (χ0v) is 12.7. The lowest BCUT2D eigenvalue weighted by Gasteiger charge is -2.23. The third-order valence-electron chi connectivity index (χ3n) is 2.86. The van der Waals surface area contributed by atoms with Crippen molar-refractivity contribution in [1.82, 2.24) is 4.90 Å². The van der Waals surface area contributed by atoms with Gasteiger partial charge in [-0.2, -0.15) is 0 Å². The minimum Gasteiger partial charge on any atom is -0.345 e. The molecule has 0 aromatic heterocycles. The van der Waals surface area contributed by atoms with Gasteiger partial charge in [0.2, 0.25) is 5.91 Å². The molecule has 0 fully saturated rings. The fraction of sp³-hybridized carbons (Fsp3) is 0.923. The molecule has 16 heavy (non-hydrogen) atoms. The Bertz CT molecular complexity index is 188. The monoisotopic (exact) mass is 291 g/mol. The number of rotatable bonds is 8. The molecule has 0 aliphatic carbocycles. The van der Waals surface area contributed by atoms with Gasteiger partial charge >= 0.3 is 0 Å². The maximum Gasteiger partial charge on any atom is 0.225 e. The highest BCUT2D eigenvalue weighted by Crippen LogP contribution is 2.16. The molecule has 1 amide bonds. The number of amides is 1. The molecular formula is C13H26BrNO. The highest BCUT2D eigenvalue weighted by molar-refractivity contribution is 9.09. The summed E-state index contributed by atoms with van der Waals surface area (Å²) < 4.78 is 0. The number of alkyl halides is 1. The van der Waals surface area contributed by atoms with Crippen molar-refractivity contribution in [2.24, 2.45) is 5.92 Å². The lowest BCUT2D eigenvalue weighted by Crippen LogP contribution is -2.34. The van der Waals surface area contributed by atoms with Crippen LogP contribution in [0.15, 0.2) is 0 Å². The number of halogens is 1. The molecule has 0 aliphatic heterocycles. The van der Waals surface area contributed by atoms with Crippen molar-refractivity contribution in [3.63, 3.8) is 0 Å². The number of hydrogen-bond donors (Lipinski definition) is 0. The van der Waals surface area contributed by atoms with Crippen LogP contribution in [0.4, 0.5) is 0 Å². The summed E-state index contributed by atoms with van der Waals surface area (Å²) in [5.74, 6) is 0.572. The van der Waals surface area contributed by atoms with Gasteiger partial charge in [-0.05, 0) is 19.3 Å². The SMILES string of the molecule is CCCC(CCC)C(=O)N(C)CCC(C)Br. The Morgan fingerprint density at radius 1 is 1.19 bits per heavy atom. The second-order valence-electron chi connectivity index (χ2n) is 4.60. The van der Waals surface area contributed by atoms with E-state index in [4.69, 9.17) is 0 Å². The van der Waals surface area contributed by atoms with Gasteiger partial charge in [-0.25, -0.2) is 0 Å². The summed E-state index contributed by atoms with van der Waals surface area (Å²) in [6.45, 7) is 7.27. The van der Waals surface area contributed by atoms with Gasteiger partial charge in [-0.1, -0.05) is 49.5 Å². The minimum atomic E-state index is 0.241. The van der Waals surface area contributed by atoms with Crippen LogP contribution in [0.1, 0.15) is 52.9 Å². The summed E-state index contributed by atoms with van der Waals surface area (Å²) >= 11 is 3.51. The van der Waals surface area contributed by atoms with E-state index in [9.17, 15) is 4.79 Å². The van der Waals surface area contributed by atoms with Gasteiger partial charge in [-0.15, -0.1) is 0 Å². The van der Waals surface area contributed by atoms with Crippen LogP contribution in [-0.2, 0) is 4.79 Å². The molecule has 0 aliphatic rings. The van der Waals surface area contributed by atoms with Gasteiger partial charge in [0.15, 0.2) is 0 Å². The van der Waals surface area contributed by atoms with E-state index in [2.05, 4.69) is 36.7 Å². The van der Waals surface area contributed by atoms with Gasteiger partial charge in [0, 0.05) is 24.3 Å². The summed E-state index contributed by atoms with van der Waals surface area (Å²) in [6.07, 6.45) is 5.27. The summed E-state index contributed by atoms with van der Waals surface area (Å²) in [7, 11) is 1.93. The van der Waals surface area contributed by atoms with Crippen LogP contribution in [0.5, 0.6) is 0 Å². The molecule has 1 unspecified atom stereocenters. The maximum atomic E-state index is 12.1. The van der Waals surface area contributed by atoms with E-state index in [1.165, 1.54) is 0 Å². The normalized spacial score (nSPS) is 12.9. The quantitative estimate of drug-likeness (QED) is 0.623. The fourth-order valence-electron chi connectivity index (χ4n) is 1.88. The zero-order chi connectivity index (χ0) is 12.6. The van der Waals surface area contributed by atoms with Crippen LogP contribution in [0.2, 0.25) is 0 Å². The van der Waals surface area contributed by atoms with Gasteiger partial charge in [0.05, 0.1) is 0 Å². The first-order chi connectivity index (χ1) is 7.52. The van der Waals surface area contributed by atoms with E-state index < -0.39 is 0 Å². The van der Waals surface area contributed by atoms with Crippen molar-refractivity contribution in [2.45, 2.75) is 57.7 Å². The summed E-state index contributed by atoms with van der Waals surface area (Å²) in [5, 5.41) is 0. The van der Waals surface area contributed by atoms with E-state index in [1.54, 1.807) is 0 Å². The fourth-order valence-corrected chi connectivity index (χ4v) is 2.09.